The predicted octanol–water partition coefficient (Wildman–Crippen LogP) is 2.42. The van der Waals surface area contributed by atoms with Gasteiger partial charge in [0.1, 0.15) is 11.6 Å². The fraction of sp³-hybridized carbons (Fsp3) is 0.875. The lowest BCUT2D eigenvalue weighted by molar-refractivity contribution is -0.155. The molecule has 1 saturated heterocycles. The summed E-state index contributed by atoms with van der Waals surface area (Å²) in [6, 6.07) is -0.367. The van der Waals surface area contributed by atoms with Crippen molar-refractivity contribution in [2.45, 2.75) is 69.7 Å². The molecule has 2 amide bonds. The number of carbonyl (C=O) groups is 2. The van der Waals surface area contributed by atoms with Crippen LogP contribution in [0.5, 0.6) is 0 Å². The maximum absolute atomic E-state index is 13.0. The molecule has 0 aromatic heterocycles. The van der Waals surface area contributed by atoms with Crippen molar-refractivity contribution in [3.8, 4) is 0 Å². The summed E-state index contributed by atoms with van der Waals surface area (Å²) in [7, 11) is 0. The largest absolute Gasteiger partial charge is 0.340 e. The lowest BCUT2D eigenvalue weighted by Crippen LogP contribution is -2.70. The molecule has 2 fully saturated rings. The SMILES string of the molecule is CCC(CC)(CN1C(=O)C(C)(C2CC2)NC(=O)C1C)SC. The number of hydrogen-bond donors (Lipinski definition) is 1. The van der Waals surface area contributed by atoms with Crippen LogP contribution >= 0.6 is 11.8 Å². The smallest absolute Gasteiger partial charge is 0.249 e. The molecular weight excluding hydrogens is 284 g/mol. The molecule has 120 valence electrons. The van der Waals surface area contributed by atoms with E-state index in [4.69, 9.17) is 0 Å². The fourth-order valence-electron chi connectivity index (χ4n) is 3.31. The van der Waals surface area contributed by atoms with Gasteiger partial charge in [-0.05, 0) is 51.7 Å². The third-order valence-corrected chi connectivity index (χ3v) is 7.08. The van der Waals surface area contributed by atoms with E-state index in [0.29, 0.717) is 12.5 Å². The Balaban J connectivity index is 2.26. The number of thioether (sulfide) groups is 1. The quantitative estimate of drug-likeness (QED) is 0.819. The van der Waals surface area contributed by atoms with Crippen molar-refractivity contribution in [3.05, 3.63) is 0 Å². The van der Waals surface area contributed by atoms with Crippen molar-refractivity contribution in [2.75, 3.05) is 12.8 Å². The maximum atomic E-state index is 13.0. The van der Waals surface area contributed by atoms with Gasteiger partial charge in [0, 0.05) is 11.3 Å². The van der Waals surface area contributed by atoms with Crippen LogP contribution in [0.2, 0.25) is 0 Å². The normalized spacial score (nSPS) is 30.5. The molecule has 21 heavy (non-hydrogen) atoms. The average Bonchev–Trinajstić information content (AvgIpc) is 3.31. The average molecular weight is 312 g/mol. The minimum absolute atomic E-state index is 0.00814. The first kappa shape index (κ1) is 16.7. The molecule has 2 aliphatic rings. The van der Waals surface area contributed by atoms with Gasteiger partial charge in [-0.25, -0.2) is 0 Å². The van der Waals surface area contributed by atoms with Gasteiger partial charge in [-0.2, -0.15) is 11.8 Å². The molecule has 0 radical (unpaired) electrons. The molecule has 1 saturated carbocycles. The predicted molar refractivity (Wildman–Crippen MR) is 87.3 cm³/mol. The van der Waals surface area contributed by atoms with Gasteiger partial charge in [-0.3, -0.25) is 9.59 Å². The molecule has 0 spiro atoms. The first-order chi connectivity index (χ1) is 9.83. The van der Waals surface area contributed by atoms with E-state index in [1.165, 1.54) is 0 Å². The van der Waals surface area contributed by atoms with Gasteiger partial charge in [0.05, 0.1) is 0 Å². The molecule has 1 aliphatic heterocycles. The van der Waals surface area contributed by atoms with Gasteiger partial charge in [-0.1, -0.05) is 13.8 Å². The molecule has 2 unspecified atom stereocenters. The van der Waals surface area contributed by atoms with E-state index in [1.54, 1.807) is 0 Å². The van der Waals surface area contributed by atoms with E-state index < -0.39 is 5.54 Å². The highest BCUT2D eigenvalue weighted by Gasteiger charge is 2.55. The lowest BCUT2D eigenvalue weighted by atomic mass is 9.88. The van der Waals surface area contributed by atoms with Crippen LogP contribution in [0.25, 0.3) is 0 Å². The second kappa shape index (κ2) is 5.82. The second-order valence-electron chi connectivity index (χ2n) is 6.67. The van der Waals surface area contributed by atoms with E-state index in [0.717, 1.165) is 25.7 Å². The molecule has 5 heteroatoms. The molecule has 1 aliphatic carbocycles. The van der Waals surface area contributed by atoms with Crippen molar-refractivity contribution >= 4 is 23.6 Å². The van der Waals surface area contributed by atoms with Crippen LogP contribution in [0.3, 0.4) is 0 Å². The summed E-state index contributed by atoms with van der Waals surface area (Å²) in [6.45, 7) is 8.74. The first-order valence-corrected chi connectivity index (χ1v) is 9.24. The van der Waals surface area contributed by atoms with Gasteiger partial charge in [0.2, 0.25) is 11.8 Å². The van der Waals surface area contributed by atoms with Crippen LogP contribution in [-0.4, -0.2) is 45.8 Å². The Hall–Kier alpha value is -0.710. The second-order valence-corrected chi connectivity index (χ2v) is 7.94. The Morgan fingerprint density at radius 1 is 1.33 bits per heavy atom. The minimum atomic E-state index is -0.685. The topological polar surface area (TPSA) is 49.4 Å². The van der Waals surface area contributed by atoms with Gasteiger partial charge >= 0.3 is 0 Å². The summed E-state index contributed by atoms with van der Waals surface area (Å²) in [5, 5.41) is 2.99. The van der Waals surface area contributed by atoms with Crippen LogP contribution in [0, 0.1) is 5.92 Å². The highest BCUT2D eigenvalue weighted by atomic mass is 32.2. The molecular formula is C16H28N2O2S. The van der Waals surface area contributed by atoms with Crippen molar-refractivity contribution in [3.63, 3.8) is 0 Å². The van der Waals surface area contributed by atoms with E-state index in [-0.39, 0.29) is 22.6 Å². The van der Waals surface area contributed by atoms with Crippen molar-refractivity contribution < 1.29 is 9.59 Å². The first-order valence-electron chi connectivity index (χ1n) is 8.01. The van der Waals surface area contributed by atoms with E-state index in [2.05, 4.69) is 25.4 Å². The van der Waals surface area contributed by atoms with E-state index >= 15 is 0 Å². The van der Waals surface area contributed by atoms with Crippen molar-refractivity contribution in [1.29, 1.82) is 0 Å². The summed E-state index contributed by atoms with van der Waals surface area (Å²) in [5.41, 5.74) is -0.685. The molecule has 0 aromatic rings. The van der Waals surface area contributed by atoms with Crippen LogP contribution in [0.15, 0.2) is 0 Å². The monoisotopic (exact) mass is 312 g/mol. The zero-order valence-corrected chi connectivity index (χ0v) is 14.7. The zero-order chi connectivity index (χ0) is 15.8. The number of nitrogens with one attached hydrogen (secondary N) is 1. The van der Waals surface area contributed by atoms with E-state index in [9.17, 15) is 9.59 Å². The van der Waals surface area contributed by atoms with Crippen LogP contribution in [0.4, 0.5) is 0 Å². The van der Waals surface area contributed by atoms with Gasteiger partial charge in [0.15, 0.2) is 0 Å². The third-order valence-electron chi connectivity index (χ3n) is 5.51. The summed E-state index contributed by atoms with van der Waals surface area (Å²) >= 11 is 1.81. The van der Waals surface area contributed by atoms with Gasteiger partial charge < -0.3 is 10.2 Å². The lowest BCUT2D eigenvalue weighted by Gasteiger charge is -2.47. The standard InChI is InChI=1S/C16H28N2O2S/c1-6-16(7-2,21-5)10-18-11(3)13(19)17-15(4,14(18)20)12-8-9-12/h11-12H,6-10H2,1-5H3,(H,17,19). The number of amides is 2. The van der Waals surface area contributed by atoms with Crippen LogP contribution < -0.4 is 5.32 Å². The van der Waals surface area contributed by atoms with E-state index in [1.807, 2.05) is 30.5 Å². The Kier molecular flexibility index (Phi) is 4.62. The molecule has 0 aromatic carbocycles. The minimum Gasteiger partial charge on any atom is -0.340 e. The Morgan fingerprint density at radius 2 is 1.90 bits per heavy atom. The number of nitrogens with zero attached hydrogens (tertiary/aromatic N) is 1. The molecule has 4 nitrogen and oxygen atoms in total. The highest BCUT2D eigenvalue weighted by molar-refractivity contribution is 8.00. The molecule has 1 N–H and O–H groups in total. The molecule has 0 bridgehead atoms. The number of rotatable bonds is 6. The summed E-state index contributed by atoms with van der Waals surface area (Å²) in [5.74, 6) is 0.416. The van der Waals surface area contributed by atoms with Crippen LogP contribution in [0.1, 0.15) is 53.4 Å². The summed E-state index contributed by atoms with van der Waals surface area (Å²) in [6.07, 6.45) is 6.19. The van der Waals surface area contributed by atoms with Gasteiger partial charge in [0.25, 0.3) is 0 Å². The van der Waals surface area contributed by atoms with Crippen molar-refractivity contribution in [2.24, 2.45) is 5.92 Å². The number of carbonyl (C=O) groups excluding carboxylic acids is 2. The highest BCUT2D eigenvalue weighted by Crippen LogP contribution is 2.43. The Morgan fingerprint density at radius 3 is 2.33 bits per heavy atom. The van der Waals surface area contributed by atoms with Crippen molar-refractivity contribution in [1.82, 2.24) is 10.2 Å². The molecule has 2 rings (SSSR count). The summed E-state index contributed by atoms with van der Waals surface area (Å²) < 4.78 is 0.0476. The molecule has 2 atom stereocenters. The van der Waals surface area contributed by atoms with Gasteiger partial charge in [-0.15, -0.1) is 0 Å². The fourth-order valence-corrected chi connectivity index (χ4v) is 4.16. The Bertz CT molecular complexity index is 424. The third kappa shape index (κ3) is 2.81. The molecule has 1 heterocycles. The Labute approximate surface area is 132 Å². The van der Waals surface area contributed by atoms with Crippen LogP contribution in [-0.2, 0) is 9.59 Å². The summed E-state index contributed by atoms with van der Waals surface area (Å²) in [4.78, 5) is 27.2. The number of hydrogen-bond acceptors (Lipinski definition) is 3. The maximum Gasteiger partial charge on any atom is 0.249 e. The zero-order valence-electron chi connectivity index (χ0n) is 13.9. The number of piperazine rings is 1.